The second-order valence-corrected chi connectivity index (χ2v) is 7.62. The first-order chi connectivity index (χ1) is 16.6. The molecule has 1 N–H and O–H groups in total. The molecule has 1 heterocycles. The van der Waals surface area contributed by atoms with Gasteiger partial charge < -0.3 is 14.8 Å². The van der Waals surface area contributed by atoms with Gasteiger partial charge in [0, 0.05) is 20.0 Å². The Kier molecular flexibility index (Phi) is 7.19. The molecule has 1 fully saturated rings. The third kappa shape index (κ3) is 6.03. The van der Waals surface area contributed by atoms with Gasteiger partial charge in [-0.2, -0.15) is 65.9 Å². The lowest BCUT2D eigenvalue weighted by atomic mass is 9.87. The molecule has 214 valence electrons. The van der Waals surface area contributed by atoms with Crippen molar-refractivity contribution >= 4 is 17.6 Å². The topological polar surface area (TPSA) is 64.6 Å². The molecule has 1 aromatic carbocycles. The minimum atomic E-state index is -7.06. The van der Waals surface area contributed by atoms with Gasteiger partial charge in [-0.15, -0.1) is 0 Å². The molecule has 1 aromatic rings. The molecule has 0 aliphatic carbocycles. The van der Waals surface area contributed by atoms with E-state index in [1.54, 1.807) is 0 Å². The Morgan fingerprint density at radius 3 is 1.08 bits per heavy atom. The smallest absolute Gasteiger partial charge is 0.419 e. The van der Waals surface area contributed by atoms with Crippen LogP contribution in [0.15, 0.2) is 11.8 Å². The van der Waals surface area contributed by atoms with Crippen molar-refractivity contribution in [3.63, 3.8) is 0 Å². The number of alkyl halides is 15. The molecule has 0 radical (unpaired) electrons. The van der Waals surface area contributed by atoms with Crippen LogP contribution in [0.3, 0.4) is 0 Å². The summed E-state index contributed by atoms with van der Waals surface area (Å²) < 4.78 is 212. The molecule has 38 heavy (non-hydrogen) atoms. The minimum absolute atomic E-state index is 0.534. The van der Waals surface area contributed by atoms with Crippen LogP contribution in [0.25, 0.3) is 0 Å². The van der Waals surface area contributed by atoms with Gasteiger partial charge in [0.1, 0.15) is 0 Å². The lowest BCUT2D eigenvalue weighted by Gasteiger charge is -2.31. The summed E-state index contributed by atoms with van der Waals surface area (Å²) >= 11 is 0. The van der Waals surface area contributed by atoms with Crippen molar-refractivity contribution in [1.82, 2.24) is 0 Å². The number of carbonyl (C=O) groups is 2. The third-order valence-electron chi connectivity index (χ3n) is 4.40. The molecular weight excluding hydrogens is 579 g/mol. The number of hydrogen-bond donors (Lipinski definition) is 1. The molecule has 0 unspecified atom stereocenters. The number of benzene rings is 1. The van der Waals surface area contributed by atoms with Crippen LogP contribution in [0.4, 0.5) is 71.5 Å². The van der Waals surface area contributed by atoms with Gasteiger partial charge in [0.15, 0.2) is 5.57 Å². The van der Waals surface area contributed by atoms with Crippen LogP contribution >= 0.6 is 0 Å². The molecule has 1 aliphatic rings. The zero-order valence-electron chi connectivity index (χ0n) is 17.9. The predicted molar refractivity (Wildman–Crippen MR) is 89.4 cm³/mol. The zero-order chi connectivity index (χ0) is 30.0. The highest BCUT2D eigenvalue weighted by Crippen LogP contribution is 2.58. The summed E-state index contributed by atoms with van der Waals surface area (Å²) in [7, 11) is 0. The average Bonchev–Trinajstić information content (AvgIpc) is 2.60. The Morgan fingerprint density at radius 2 is 0.816 bits per heavy atom. The normalized spacial score (nSPS) is 17.2. The first-order valence-corrected chi connectivity index (χ1v) is 9.14. The highest BCUT2D eigenvalue weighted by atomic mass is 19.4. The van der Waals surface area contributed by atoms with Crippen LogP contribution in [-0.4, -0.2) is 17.7 Å². The van der Waals surface area contributed by atoms with Gasteiger partial charge in [-0.3, -0.25) is 0 Å². The fourth-order valence-electron chi connectivity index (χ4n) is 3.23. The summed E-state index contributed by atoms with van der Waals surface area (Å²) in [5.41, 5.74) is -25.3. The van der Waals surface area contributed by atoms with Crippen LogP contribution in [0.1, 0.15) is 41.7 Å². The van der Waals surface area contributed by atoms with E-state index in [2.05, 4.69) is 9.47 Å². The number of esters is 2. The van der Waals surface area contributed by atoms with E-state index in [4.69, 9.17) is 0 Å². The van der Waals surface area contributed by atoms with Crippen LogP contribution in [0.2, 0.25) is 0 Å². The second-order valence-electron chi connectivity index (χ2n) is 7.62. The molecule has 5 nitrogen and oxygen atoms in total. The Bertz CT molecular complexity index is 1110. The van der Waals surface area contributed by atoms with Gasteiger partial charge in [-0.05, 0) is 0 Å². The van der Waals surface area contributed by atoms with Crippen molar-refractivity contribution < 1.29 is 84.9 Å². The van der Waals surface area contributed by atoms with E-state index in [-0.39, 0.29) is 0 Å². The van der Waals surface area contributed by atoms with Crippen molar-refractivity contribution in [3.05, 3.63) is 39.6 Å². The number of hydrogen-bond acceptors (Lipinski definition) is 5. The number of rotatable bonds is 2. The standard InChI is InChI=1S/C18H8F15NO4/c1-13(2)37-11(35)4(12(36)38-13)3-34-10-8(17(28,29)30)6(15(22,23)24)5(14(19,20)21)7(16(25,26)27)9(10)18(31,32)33/h3,34H,1-2H3. The molecule has 0 amide bonds. The highest BCUT2D eigenvalue weighted by Gasteiger charge is 2.60. The SMILES string of the molecule is CC1(C)OC(=O)C(=CNc2c(C(F)(F)F)c(C(F)(F)F)c(C(F)(F)F)c(C(F)(F)F)c2C(F)(F)F)C(=O)O1. The largest absolute Gasteiger partial charge is 0.419 e. The number of anilines is 1. The van der Waals surface area contributed by atoms with Crippen molar-refractivity contribution in [2.24, 2.45) is 0 Å². The number of cyclic esters (lactones) is 2. The van der Waals surface area contributed by atoms with Crippen molar-refractivity contribution in [2.75, 3.05) is 5.32 Å². The molecule has 20 heteroatoms. The van der Waals surface area contributed by atoms with Gasteiger partial charge in [0.05, 0.1) is 33.5 Å². The molecule has 0 spiro atoms. The van der Waals surface area contributed by atoms with Gasteiger partial charge in [0.25, 0.3) is 5.79 Å². The van der Waals surface area contributed by atoms with Crippen LogP contribution in [0.5, 0.6) is 0 Å². The molecule has 0 saturated carbocycles. The summed E-state index contributed by atoms with van der Waals surface area (Å²) in [4.78, 5) is 23.7. The maximum atomic E-state index is 13.7. The fraction of sp³-hybridized carbons (Fsp3) is 0.444. The molecule has 1 aliphatic heterocycles. The fourth-order valence-corrected chi connectivity index (χ4v) is 3.23. The quantitative estimate of drug-likeness (QED) is 0.176. The van der Waals surface area contributed by atoms with E-state index in [0.29, 0.717) is 5.32 Å². The summed E-state index contributed by atoms with van der Waals surface area (Å²) in [6, 6.07) is 0. The van der Waals surface area contributed by atoms with Gasteiger partial charge in [0.2, 0.25) is 0 Å². The zero-order valence-corrected chi connectivity index (χ0v) is 17.9. The van der Waals surface area contributed by atoms with Crippen molar-refractivity contribution in [3.8, 4) is 0 Å². The molecular formula is C18H8F15NO4. The maximum absolute atomic E-state index is 13.7. The Labute approximate surface area is 199 Å². The summed E-state index contributed by atoms with van der Waals surface area (Å²) in [6.07, 6.45) is -35.2. The maximum Gasteiger partial charge on any atom is 0.419 e. The van der Waals surface area contributed by atoms with E-state index in [1.807, 2.05) is 0 Å². The van der Waals surface area contributed by atoms with E-state index in [9.17, 15) is 75.4 Å². The van der Waals surface area contributed by atoms with E-state index in [1.165, 1.54) is 0 Å². The third-order valence-corrected chi connectivity index (χ3v) is 4.40. The highest BCUT2D eigenvalue weighted by molar-refractivity contribution is 6.15. The average molecular weight is 587 g/mol. The molecule has 0 atom stereocenters. The summed E-state index contributed by atoms with van der Waals surface area (Å²) in [6.45, 7) is 1.80. The van der Waals surface area contributed by atoms with E-state index < -0.39 is 93.9 Å². The second kappa shape index (κ2) is 8.85. The molecule has 1 saturated heterocycles. The van der Waals surface area contributed by atoms with E-state index >= 15 is 0 Å². The van der Waals surface area contributed by atoms with Gasteiger partial charge >= 0.3 is 42.8 Å². The predicted octanol–water partition coefficient (Wildman–Crippen LogP) is 6.91. The Hall–Kier alpha value is -3.35. The monoisotopic (exact) mass is 587 g/mol. The van der Waals surface area contributed by atoms with Crippen LogP contribution < -0.4 is 5.32 Å². The number of ether oxygens (including phenoxy) is 2. The number of nitrogens with one attached hydrogen (secondary N) is 1. The number of carbonyl (C=O) groups excluding carboxylic acids is 2. The van der Waals surface area contributed by atoms with Crippen LogP contribution in [0, 0.1) is 0 Å². The lowest BCUT2D eigenvalue weighted by Crippen LogP contribution is -2.42. The molecule has 2 rings (SSSR count). The first kappa shape index (κ1) is 30.9. The minimum Gasteiger partial charge on any atom is -0.419 e. The van der Waals surface area contributed by atoms with Crippen LogP contribution in [-0.2, 0) is 49.9 Å². The first-order valence-electron chi connectivity index (χ1n) is 9.14. The lowest BCUT2D eigenvalue weighted by molar-refractivity contribution is -0.222. The molecule has 0 bridgehead atoms. The summed E-state index contributed by atoms with van der Waals surface area (Å²) in [5, 5.41) is 0.685. The Morgan fingerprint density at radius 1 is 0.553 bits per heavy atom. The molecule has 0 aromatic heterocycles. The van der Waals surface area contributed by atoms with Gasteiger partial charge in [-0.1, -0.05) is 0 Å². The van der Waals surface area contributed by atoms with E-state index in [0.717, 1.165) is 13.8 Å². The number of halogens is 15. The summed E-state index contributed by atoms with van der Waals surface area (Å²) in [5.74, 6) is -5.82. The van der Waals surface area contributed by atoms with Crippen molar-refractivity contribution in [2.45, 2.75) is 50.5 Å². The van der Waals surface area contributed by atoms with Crippen molar-refractivity contribution in [1.29, 1.82) is 0 Å². The van der Waals surface area contributed by atoms with Gasteiger partial charge in [-0.25, -0.2) is 9.59 Å². The Balaban J connectivity index is 3.22.